The first-order valence-electron chi connectivity index (χ1n) is 8.47. The summed E-state index contributed by atoms with van der Waals surface area (Å²) in [5, 5.41) is 17.1. The molecule has 0 radical (unpaired) electrons. The predicted octanol–water partition coefficient (Wildman–Crippen LogP) is 4.05. The first-order valence-corrected chi connectivity index (χ1v) is 8.47. The zero-order chi connectivity index (χ0) is 18.1. The number of fused-ring (bicyclic) bond motifs is 1. The Morgan fingerprint density at radius 1 is 1.12 bits per heavy atom. The Bertz CT molecular complexity index is 999. The maximum absolute atomic E-state index is 9.75. The second-order valence-electron chi connectivity index (χ2n) is 6.35. The molecule has 5 nitrogen and oxygen atoms in total. The highest BCUT2D eigenvalue weighted by molar-refractivity contribution is 5.69. The van der Waals surface area contributed by atoms with Crippen LogP contribution in [0.15, 0.2) is 72.1 Å². The van der Waals surface area contributed by atoms with Gasteiger partial charge in [-0.1, -0.05) is 67.6 Å². The molecule has 1 aromatic heterocycles. The Morgan fingerprint density at radius 3 is 2.42 bits per heavy atom. The molecule has 0 aliphatic carbocycles. The minimum atomic E-state index is -0.236. The lowest BCUT2D eigenvalue weighted by atomic mass is 9.76. The van der Waals surface area contributed by atoms with Crippen LogP contribution in [0.25, 0.3) is 11.3 Å². The summed E-state index contributed by atoms with van der Waals surface area (Å²) in [5.41, 5.74) is 10.3. The molecule has 0 saturated carbocycles. The van der Waals surface area contributed by atoms with Gasteiger partial charge in [-0.15, -0.1) is 5.10 Å². The minimum absolute atomic E-state index is 0.0344. The van der Waals surface area contributed by atoms with E-state index in [1.165, 1.54) is 0 Å². The van der Waals surface area contributed by atoms with Gasteiger partial charge >= 0.3 is 0 Å². The van der Waals surface area contributed by atoms with E-state index in [0.717, 1.165) is 22.4 Å². The third kappa shape index (κ3) is 2.52. The molecule has 2 heterocycles. The lowest BCUT2D eigenvalue weighted by Crippen LogP contribution is -2.23. The van der Waals surface area contributed by atoms with Gasteiger partial charge in [-0.25, -0.2) is 0 Å². The molecule has 2 aromatic carbocycles. The van der Waals surface area contributed by atoms with E-state index in [4.69, 9.17) is 10.5 Å². The fraction of sp³-hybridized carbons (Fsp3) is 0.143. The molecule has 1 aliphatic heterocycles. The molecule has 3 aromatic rings. The van der Waals surface area contributed by atoms with Crippen LogP contribution >= 0.6 is 0 Å². The van der Waals surface area contributed by atoms with Gasteiger partial charge in [0.2, 0.25) is 11.8 Å². The number of nitriles is 1. The molecule has 0 saturated heterocycles. The third-order valence-electron chi connectivity index (χ3n) is 4.87. The van der Waals surface area contributed by atoms with E-state index < -0.39 is 0 Å². The average molecular weight is 342 g/mol. The van der Waals surface area contributed by atoms with Gasteiger partial charge in [-0.2, -0.15) is 5.26 Å². The van der Waals surface area contributed by atoms with Crippen molar-refractivity contribution < 1.29 is 4.74 Å². The van der Waals surface area contributed by atoms with Crippen LogP contribution in [0.5, 0.6) is 5.88 Å². The highest BCUT2D eigenvalue weighted by atomic mass is 16.5. The highest BCUT2D eigenvalue weighted by Gasteiger charge is 2.38. The van der Waals surface area contributed by atoms with Crippen LogP contribution in [-0.2, 0) is 0 Å². The van der Waals surface area contributed by atoms with E-state index in [9.17, 15) is 5.26 Å². The van der Waals surface area contributed by atoms with E-state index in [1.54, 1.807) is 0 Å². The molecule has 2 atom stereocenters. The van der Waals surface area contributed by atoms with Gasteiger partial charge < -0.3 is 10.5 Å². The van der Waals surface area contributed by atoms with E-state index in [1.807, 2.05) is 48.5 Å². The predicted molar refractivity (Wildman–Crippen MR) is 99.1 cm³/mol. The van der Waals surface area contributed by atoms with E-state index in [-0.39, 0.29) is 17.7 Å². The van der Waals surface area contributed by atoms with E-state index in [0.29, 0.717) is 11.5 Å². The summed E-state index contributed by atoms with van der Waals surface area (Å²) in [5.74, 6) is 0.360. The number of allylic oxidation sites excluding steroid dienone is 1. The molecule has 0 fully saturated rings. The number of aromatic amines is 1. The van der Waals surface area contributed by atoms with Gasteiger partial charge in [0, 0.05) is 5.92 Å². The SMILES string of the molecule is C[C@H](c1ccccc1)[C@H]1C(C#N)=C(N)Oc2n[nH]c(-c3ccccc3)c21. The molecule has 26 heavy (non-hydrogen) atoms. The Hall–Kier alpha value is -3.52. The second kappa shape index (κ2) is 6.41. The molecule has 1 aliphatic rings. The fourth-order valence-corrected chi connectivity index (χ4v) is 3.56. The number of nitrogens with zero attached hydrogens (tertiary/aromatic N) is 2. The van der Waals surface area contributed by atoms with Crippen LogP contribution in [-0.4, -0.2) is 10.2 Å². The Labute approximate surface area is 151 Å². The number of nitrogens with one attached hydrogen (secondary N) is 1. The molecule has 0 unspecified atom stereocenters. The topological polar surface area (TPSA) is 87.7 Å². The lowest BCUT2D eigenvalue weighted by molar-refractivity contribution is 0.368. The maximum atomic E-state index is 9.75. The highest BCUT2D eigenvalue weighted by Crippen LogP contribution is 2.48. The van der Waals surface area contributed by atoms with E-state index in [2.05, 4.69) is 35.3 Å². The monoisotopic (exact) mass is 342 g/mol. The zero-order valence-corrected chi connectivity index (χ0v) is 14.3. The molecule has 128 valence electrons. The van der Waals surface area contributed by atoms with Crippen LogP contribution < -0.4 is 10.5 Å². The summed E-state index contributed by atoms with van der Waals surface area (Å²) >= 11 is 0. The normalized spacial score (nSPS) is 17.2. The lowest BCUT2D eigenvalue weighted by Gasteiger charge is -2.28. The van der Waals surface area contributed by atoms with Crippen molar-refractivity contribution in [3.63, 3.8) is 0 Å². The van der Waals surface area contributed by atoms with Gasteiger partial charge in [0.05, 0.1) is 16.8 Å². The van der Waals surface area contributed by atoms with Crippen molar-refractivity contribution in [3.8, 4) is 23.2 Å². The van der Waals surface area contributed by atoms with Crippen molar-refractivity contribution in [3.05, 3.63) is 83.2 Å². The van der Waals surface area contributed by atoms with E-state index >= 15 is 0 Å². The molecule has 0 spiro atoms. The number of aromatic nitrogens is 2. The van der Waals surface area contributed by atoms with Crippen molar-refractivity contribution in [2.75, 3.05) is 0 Å². The number of hydrogen-bond donors (Lipinski definition) is 2. The van der Waals surface area contributed by atoms with Gasteiger partial charge in [-0.3, -0.25) is 5.10 Å². The Balaban J connectivity index is 1.90. The van der Waals surface area contributed by atoms with Crippen molar-refractivity contribution in [1.29, 1.82) is 5.26 Å². The van der Waals surface area contributed by atoms with Crippen molar-refractivity contribution in [2.24, 2.45) is 5.73 Å². The number of benzene rings is 2. The summed E-state index contributed by atoms with van der Waals surface area (Å²) in [6.07, 6.45) is 0. The largest absolute Gasteiger partial charge is 0.420 e. The number of hydrogen-bond acceptors (Lipinski definition) is 4. The first-order chi connectivity index (χ1) is 12.7. The van der Waals surface area contributed by atoms with Crippen LogP contribution in [0.3, 0.4) is 0 Å². The molecular formula is C21H18N4O. The maximum Gasteiger partial charge on any atom is 0.244 e. The Kier molecular flexibility index (Phi) is 3.94. The number of H-pyrrole nitrogens is 1. The molecular weight excluding hydrogens is 324 g/mol. The van der Waals surface area contributed by atoms with Crippen LogP contribution in [0, 0.1) is 11.3 Å². The second-order valence-corrected chi connectivity index (χ2v) is 6.35. The molecule has 0 amide bonds. The Morgan fingerprint density at radius 2 is 1.77 bits per heavy atom. The quantitative estimate of drug-likeness (QED) is 0.751. The van der Waals surface area contributed by atoms with Gasteiger partial charge in [0.1, 0.15) is 6.07 Å². The van der Waals surface area contributed by atoms with Crippen molar-refractivity contribution >= 4 is 0 Å². The number of nitrogens with two attached hydrogens (primary N) is 1. The third-order valence-corrected chi connectivity index (χ3v) is 4.87. The number of rotatable bonds is 3. The van der Waals surface area contributed by atoms with Crippen molar-refractivity contribution in [2.45, 2.75) is 18.8 Å². The molecule has 5 heteroatoms. The molecule has 0 bridgehead atoms. The van der Waals surface area contributed by atoms with Crippen LogP contribution in [0.1, 0.15) is 29.9 Å². The standard InChI is InChI=1S/C21H18N4O/c1-13(14-8-4-2-5-9-14)17-16(12-22)20(23)26-21-18(17)19(24-25-21)15-10-6-3-7-11-15/h2-11,13,17H,23H2,1H3,(H,24,25)/t13-,17+/m1/s1. The summed E-state index contributed by atoms with van der Waals surface area (Å²) in [6.45, 7) is 2.10. The van der Waals surface area contributed by atoms with Gasteiger partial charge in [-0.05, 0) is 17.0 Å². The van der Waals surface area contributed by atoms with Crippen LogP contribution in [0.2, 0.25) is 0 Å². The summed E-state index contributed by atoms with van der Waals surface area (Å²) < 4.78 is 5.65. The fourth-order valence-electron chi connectivity index (χ4n) is 3.56. The first kappa shape index (κ1) is 16.0. The van der Waals surface area contributed by atoms with Gasteiger partial charge in [0.25, 0.3) is 0 Å². The summed E-state index contributed by atoms with van der Waals surface area (Å²) in [4.78, 5) is 0. The molecule has 4 rings (SSSR count). The summed E-state index contributed by atoms with van der Waals surface area (Å²) in [6, 6.07) is 22.3. The van der Waals surface area contributed by atoms with Gasteiger partial charge in [0.15, 0.2) is 0 Å². The average Bonchev–Trinajstić information content (AvgIpc) is 3.11. The van der Waals surface area contributed by atoms with Crippen molar-refractivity contribution in [1.82, 2.24) is 10.2 Å². The minimum Gasteiger partial charge on any atom is -0.420 e. The summed E-state index contributed by atoms with van der Waals surface area (Å²) in [7, 11) is 0. The number of ether oxygens (including phenoxy) is 1. The van der Waals surface area contributed by atoms with Crippen LogP contribution in [0.4, 0.5) is 0 Å². The molecule has 3 N–H and O–H groups in total. The zero-order valence-electron chi connectivity index (χ0n) is 14.3. The smallest absolute Gasteiger partial charge is 0.244 e.